The molecule has 4 nitrogen and oxygen atoms in total. The number of amides is 1. The summed E-state index contributed by atoms with van der Waals surface area (Å²) in [5, 5.41) is 2.76. The third kappa shape index (κ3) is 3.61. The monoisotopic (exact) mass is 259 g/mol. The Kier molecular flexibility index (Phi) is 4.23. The van der Waals surface area contributed by atoms with Crippen LogP contribution in [0.4, 0.5) is 5.69 Å². The average molecular weight is 259 g/mol. The average Bonchev–Trinajstić information content (AvgIpc) is 2.93. The van der Waals surface area contributed by atoms with E-state index < -0.39 is 0 Å². The summed E-state index contributed by atoms with van der Waals surface area (Å²) in [7, 11) is 0. The molecule has 0 saturated carbocycles. The van der Waals surface area contributed by atoms with Gasteiger partial charge in [-0.1, -0.05) is 13.0 Å². The van der Waals surface area contributed by atoms with Crippen molar-refractivity contribution in [2.24, 2.45) is 0 Å². The fraction of sp³-hybridized carbons (Fsp3) is 0.267. The number of carbonyl (C=O) groups is 1. The van der Waals surface area contributed by atoms with E-state index in [2.05, 4.69) is 12.2 Å². The molecule has 1 amide bonds. The number of ether oxygens (including phenoxy) is 1. The van der Waals surface area contributed by atoms with Gasteiger partial charge >= 0.3 is 0 Å². The van der Waals surface area contributed by atoms with Gasteiger partial charge in [-0.3, -0.25) is 4.79 Å². The van der Waals surface area contributed by atoms with E-state index in [1.165, 1.54) is 6.26 Å². The summed E-state index contributed by atoms with van der Waals surface area (Å²) < 4.78 is 10.7. The number of benzene rings is 1. The highest BCUT2D eigenvalue weighted by atomic mass is 16.5. The lowest BCUT2D eigenvalue weighted by Crippen LogP contribution is -2.12. The van der Waals surface area contributed by atoms with Crippen LogP contribution in [0.3, 0.4) is 0 Å². The summed E-state index contributed by atoms with van der Waals surface area (Å²) in [5.41, 5.74) is 0.683. The van der Waals surface area contributed by atoms with Crippen LogP contribution in [-0.2, 0) is 0 Å². The third-order valence-electron chi connectivity index (χ3n) is 2.75. The Balaban J connectivity index is 2.05. The molecule has 0 fully saturated rings. The fourth-order valence-corrected chi connectivity index (χ4v) is 1.56. The van der Waals surface area contributed by atoms with Gasteiger partial charge in [-0.2, -0.15) is 0 Å². The van der Waals surface area contributed by atoms with E-state index in [0.29, 0.717) is 5.69 Å². The molecule has 0 bridgehead atoms. The van der Waals surface area contributed by atoms with Crippen LogP contribution >= 0.6 is 0 Å². The van der Waals surface area contributed by atoms with Crippen LogP contribution < -0.4 is 10.1 Å². The summed E-state index contributed by atoms with van der Waals surface area (Å²) in [5.74, 6) is 0.755. The highest BCUT2D eigenvalue weighted by Crippen LogP contribution is 2.19. The van der Waals surface area contributed by atoms with E-state index in [9.17, 15) is 4.79 Å². The van der Waals surface area contributed by atoms with Crippen molar-refractivity contribution in [3.05, 3.63) is 48.4 Å². The molecule has 1 unspecified atom stereocenters. The predicted octanol–water partition coefficient (Wildman–Crippen LogP) is 3.71. The Labute approximate surface area is 112 Å². The number of furan rings is 1. The van der Waals surface area contributed by atoms with Crippen LogP contribution in [0.15, 0.2) is 47.1 Å². The molecule has 0 aliphatic carbocycles. The molecule has 0 aliphatic rings. The minimum absolute atomic E-state index is 0.149. The maximum absolute atomic E-state index is 11.8. The molecule has 0 spiro atoms. The lowest BCUT2D eigenvalue weighted by atomic mass is 10.2. The third-order valence-corrected chi connectivity index (χ3v) is 2.75. The maximum Gasteiger partial charge on any atom is 0.291 e. The second-order valence-electron chi connectivity index (χ2n) is 4.30. The Morgan fingerprint density at radius 2 is 2.21 bits per heavy atom. The number of rotatable bonds is 5. The van der Waals surface area contributed by atoms with Crippen molar-refractivity contribution in [3.63, 3.8) is 0 Å². The Bertz CT molecular complexity index is 534. The lowest BCUT2D eigenvalue weighted by molar-refractivity contribution is 0.0996. The van der Waals surface area contributed by atoms with E-state index in [-0.39, 0.29) is 17.8 Å². The number of hydrogen-bond donors (Lipinski definition) is 1. The Morgan fingerprint density at radius 3 is 2.89 bits per heavy atom. The molecule has 1 atom stereocenters. The Hall–Kier alpha value is -2.23. The van der Waals surface area contributed by atoms with Gasteiger partial charge in [0.15, 0.2) is 5.76 Å². The molecule has 4 heteroatoms. The molecule has 0 radical (unpaired) electrons. The maximum atomic E-state index is 11.8. The summed E-state index contributed by atoms with van der Waals surface area (Å²) in [4.78, 5) is 11.8. The fourth-order valence-electron chi connectivity index (χ4n) is 1.56. The van der Waals surface area contributed by atoms with E-state index in [1.807, 2.05) is 25.1 Å². The minimum atomic E-state index is -0.273. The molecule has 19 heavy (non-hydrogen) atoms. The molecule has 2 aromatic rings. The zero-order valence-electron chi connectivity index (χ0n) is 11.1. The van der Waals surface area contributed by atoms with Crippen molar-refractivity contribution < 1.29 is 13.9 Å². The van der Waals surface area contributed by atoms with Crippen molar-refractivity contribution in [1.29, 1.82) is 0 Å². The van der Waals surface area contributed by atoms with Crippen LogP contribution in [0, 0.1) is 0 Å². The lowest BCUT2D eigenvalue weighted by Gasteiger charge is -2.13. The van der Waals surface area contributed by atoms with Gasteiger partial charge in [0.1, 0.15) is 5.75 Å². The van der Waals surface area contributed by atoms with E-state index >= 15 is 0 Å². The first kappa shape index (κ1) is 13.2. The summed E-state index contributed by atoms with van der Waals surface area (Å²) in [6.45, 7) is 4.07. The molecule has 0 aliphatic heterocycles. The number of anilines is 1. The number of carbonyl (C=O) groups excluding carboxylic acids is 1. The van der Waals surface area contributed by atoms with Gasteiger partial charge in [-0.25, -0.2) is 0 Å². The van der Waals surface area contributed by atoms with Crippen molar-refractivity contribution in [3.8, 4) is 5.75 Å². The van der Waals surface area contributed by atoms with Crippen molar-refractivity contribution in [2.45, 2.75) is 26.4 Å². The zero-order chi connectivity index (χ0) is 13.7. The van der Waals surface area contributed by atoms with Crippen LogP contribution in [-0.4, -0.2) is 12.0 Å². The number of hydrogen-bond acceptors (Lipinski definition) is 3. The van der Waals surface area contributed by atoms with E-state index in [0.717, 1.165) is 12.2 Å². The molecule has 1 aromatic carbocycles. The Morgan fingerprint density at radius 1 is 1.37 bits per heavy atom. The molecule has 0 saturated heterocycles. The first-order valence-electron chi connectivity index (χ1n) is 6.30. The second kappa shape index (κ2) is 6.09. The molecular formula is C15H17NO3. The highest BCUT2D eigenvalue weighted by Gasteiger charge is 2.09. The predicted molar refractivity (Wildman–Crippen MR) is 73.5 cm³/mol. The normalized spacial score (nSPS) is 11.9. The van der Waals surface area contributed by atoms with E-state index in [4.69, 9.17) is 9.15 Å². The van der Waals surface area contributed by atoms with Crippen LogP contribution in [0.2, 0.25) is 0 Å². The van der Waals surface area contributed by atoms with Gasteiger partial charge in [0, 0.05) is 11.8 Å². The summed E-state index contributed by atoms with van der Waals surface area (Å²) in [6.07, 6.45) is 2.55. The first-order chi connectivity index (χ1) is 9.19. The van der Waals surface area contributed by atoms with Gasteiger partial charge in [0.05, 0.1) is 12.4 Å². The molecule has 100 valence electrons. The molecule has 2 rings (SSSR count). The smallest absolute Gasteiger partial charge is 0.291 e. The van der Waals surface area contributed by atoms with Crippen LogP contribution in [0.5, 0.6) is 5.75 Å². The van der Waals surface area contributed by atoms with Crippen molar-refractivity contribution >= 4 is 11.6 Å². The van der Waals surface area contributed by atoms with E-state index in [1.54, 1.807) is 18.2 Å². The van der Waals surface area contributed by atoms with Crippen molar-refractivity contribution in [2.75, 3.05) is 5.32 Å². The highest BCUT2D eigenvalue weighted by molar-refractivity contribution is 6.02. The molecule has 1 N–H and O–H groups in total. The van der Waals surface area contributed by atoms with Gasteiger partial charge in [-0.15, -0.1) is 0 Å². The van der Waals surface area contributed by atoms with Gasteiger partial charge < -0.3 is 14.5 Å². The molecule has 1 heterocycles. The van der Waals surface area contributed by atoms with Gasteiger partial charge in [0.25, 0.3) is 5.91 Å². The van der Waals surface area contributed by atoms with Crippen molar-refractivity contribution in [1.82, 2.24) is 0 Å². The SMILES string of the molecule is CCC(C)Oc1cccc(NC(=O)c2ccco2)c1. The first-order valence-corrected chi connectivity index (χ1v) is 6.30. The van der Waals surface area contributed by atoms with Gasteiger partial charge in [0.2, 0.25) is 0 Å². The quantitative estimate of drug-likeness (QED) is 0.890. The largest absolute Gasteiger partial charge is 0.491 e. The standard InChI is InChI=1S/C15H17NO3/c1-3-11(2)19-13-7-4-6-12(10-13)16-15(17)14-8-5-9-18-14/h4-11H,3H2,1-2H3,(H,16,17). The number of nitrogens with one attached hydrogen (secondary N) is 1. The molecule has 1 aromatic heterocycles. The summed E-state index contributed by atoms with van der Waals surface area (Å²) in [6, 6.07) is 10.6. The van der Waals surface area contributed by atoms with Crippen LogP contribution in [0.25, 0.3) is 0 Å². The zero-order valence-corrected chi connectivity index (χ0v) is 11.1. The second-order valence-corrected chi connectivity index (χ2v) is 4.30. The van der Waals surface area contributed by atoms with Crippen LogP contribution in [0.1, 0.15) is 30.8 Å². The van der Waals surface area contributed by atoms with Gasteiger partial charge in [-0.05, 0) is 37.6 Å². The minimum Gasteiger partial charge on any atom is -0.491 e. The topological polar surface area (TPSA) is 51.5 Å². The summed E-state index contributed by atoms with van der Waals surface area (Å²) >= 11 is 0. The molecular weight excluding hydrogens is 242 g/mol.